The first-order valence-corrected chi connectivity index (χ1v) is 17.0. The molecule has 0 bridgehead atoms. The van der Waals surface area contributed by atoms with Crippen LogP contribution in [0.4, 0.5) is 17.2 Å². The van der Waals surface area contributed by atoms with Gasteiger partial charge in [-0.25, -0.2) is 19.9 Å². The van der Waals surface area contributed by atoms with Crippen LogP contribution in [0.3, 0.4) is 0 Å². The van der Waals surface area contributed by atoms with Gasteiger partial charge in [0.15, 0.2) is 11.4 Å². The van der Waals surface area contributed by atoms with E-state index in [1.807, 2.05) is 54.7 Å². The maximum Gasteiger partial charge on any atom is 0.229 e. The van der Waals surface area contributed by atoms with Crippen molar-refractivity contribution >= 4 is 39.4 Å². The molecule has 0 unspecified atom stereocenters. The summed E-state index contributed by atoms with van der Waals surface area (Å²) >= 11 is 0. The fraction of sp³-hybridized carbons (Fsp3) is 0.256. The van der Waals surface area contributed by atoms with Crippen LogP contribution in [-0.2, 0) is 10.8 Å². The Hall–Kier alpha value is -5.56. The summed E-state index contributed by atoms with van der Waals surface area (Å²) in [4.78, 5) is 21.8. The largest absolute Gasteiger partial charge is 0.507 e. The molecule has 7 heteroatoms. The number of phenolic OH excluding ortho intramolecular Hbond substituents is 1. The molecule has 0 aliphatic carbocycles. The average molecular weight is 662 g/mol. The lowest BCUT2D eigenvalue weighted by atomic mass is 9.79. The molecule has 0 amide bonds. The van der Waals surface area contributed by atoms with E-state index in [1.54, 1.807) is 6.20 Å². The molecule has 0 radical (unpaired) electrons. The second-order valence-electron chi connectivity index (χ2n) is 15.3. The minimum Gasteiger partial charge on any atom is -0.507 e. The highest BCUT2D eigenvalue weighted by molar-refractivity contribution is 6.06. The van der Waals surface area contributed by atoms with Crippen LogP contribution in [0.2, 0.25) is 0 Å². The standard InChI is InChI=1S/C43H43N5O2/c1-25-20-26(2)37(27(3)21-25)48(34-17-10-11-18-44-34)30-15-12-14-28(22-30)35-39-36(31-16-13-19-45-41(31)50-39)47-40(46-35)32-23-29(42(4,5)6)24-33(38(32)49)43(7,8)9/h10-24,49H,1-9H3. The molecule has 0 saturated heterocycles. The molecule has 1 N–H and O–H groups in total. The van der Waals surface area contributed by atoms with Gasteiger partial charge in [0.1, 0.15) is 22.8 Å². The van der Waals surface area contributed by atoms with Gasteiger partial charge in [-0.15, -0.1) is 0 Å². The van der Waals surface area contributed by atoms with Crippen molar-refractivity contribution in [3.05, 3.63) is 119 Å². The molecule has 0 aliphatic rings. The molecule has 7 nitrogen and oxygen atoms in total. The van der Waals surface area contributed by atoms with Gasteiger partial charge in [0.05, 0.1) is 16.6 Å². The van der Waals surface area contributed by atoms with Gasteiger partial charge in [-0.05, 0) is 90.8 Å². The maximum atomic E-state index is 11.9. The minimum atomic E-state index is -0.311. The van der Waals surface area contributed by atoms with Crippen LogP contribution in [0.1, 0.15) is 69.4 Å². The van der Waals surface area contributed by atoms with Crippen molar-refractivity contribution in [3.63, 3.8) is 0 Å². The molecule has 0 saturated carbocycles. The van der Waals surface area contributed by atoms with Crippen molar-refractivity contribution in [1.82, 2.24) is 19.9 Å². The summed E-state index contributed by atoms with van der Waals surface area (Å²) in [6, 6.07) is 26.6. The number of nitrogens with zero attached hydrogens (tertiary/aromatic N) is 5. The van der Waals surface area contributed by atoms with Crippen molar-refractivity contribution in [2.75, 3.05) is 4.90 Å². The van der Waals surface area contributed by atoms with Gasteiger partial charge in [-0.2, -0.15) is 0 Å². The van der Waals surface area contributed by atoms with E-state index in [9.17, 15) is 5.11 Å². The van der Waals surface area contributed by atoms with E-state index < -0.39 is 0 Å². The van der Waals surface area contributed by atoms with E-state index in [0.717, 1.165) is 50.4 Å². The Bertz CT molecular complexity index is 2380. The Labute approximate surface area is 293 Å². The second-order valence-corrected chi connectivity index (χ2v) is 15.3. The van der Waals surface area contributed by atoms with Gasteiger partial charge >= 0.3 is 0 Å². The lowest BCUT2D eigenvalue weighted by Crippen LogP contribution is -2.17. The number of anilines is 3. The molecule has 7 rings (SSSR count). The van der Waals surface area contributed by atoms with Crippen LogP contribution >= 0.6 is 0 Å². The fourth-order valence-corrected chi connectivity index (χ4v) is 6.78. The highest BCUT2D eigenvalue weighted by Gasteiger charge is 2.28. The number of aromatic nitrogens is 4. The number of phenols is 1. The smallest absolute Gasteiger partial charge is 0.229 e. The van der Waals surface area contributed by atoms with Crippen molar-refractivity contribution < 1.29 is 9.52 Å². The normalized spacial score (nSPS) is 12.2. The van der Waals surface area contributed by atoms with Crippen LogP contribution in [0, 0.1) is 20.8 Å². The van der Waals surface area contributed by atoms with Gasteiger partial charge in [-0.3, -0.25) is 4.90 Å². The molecule has 50 heavy (non-hydrogen) atoms. The minimum absolute atomic E-state index is 0.170. The van der Waals surface area contributed by atoms with Crippen molar-refractivity contribution in [2.45, 2.75) is 73.1 Å². The van der Waals surface area contributed by atoms with Gasteiger partial charge in [0.25, 0.3) is 0 Å². The summed E-state index contributed by atoms with van der Waals surface area (Å²) in [5.74, 6) is 1.41. The highest BCUT2D eigenvalue weighted by atomic mass is 16.3. The predicted octanol–water partition coefficient (Wildman–Crippen LogP) is 11.2. The van der Waals surface area contributed by atoms with Gasteiger partial charge in [0.2, 0.25) is 5.71 Å². The third kappa shape index (κ3) is 5.87. The summed E-state index contributed by atoms with van der Waals surface area (Å²) in [7, 11) is 0. The van der Waals surface area contributed by atoms with Crippen molar-refractivity contribution in [1.29, 1.82) is 0 Å². The number of fused-ring (bicyclic) bond motifs is 3. The Morgan fingerprint density at radius 1 is 0.720 bits per heavy atom. The third-order valence-corrected chi connectivity index (χ3v) is 9.23. The molecule has 0 atom stereocenters. The van der Waals surface area contributed by atoms with Gasteiger partial charge < -0.3 is 9.52 Å². The van der Waals surface area contributed by atoms with Crippen LogP contribution in [-0.4, -0.2) is 25.0 Å². The van der Waals surface area contributed by atoms with Crippen LogP contribution in [0.15, 0.2) is 95.7 Å². The molecule has 4 heterocycles. The van der Waals surface area contributed by atoms with E-state index in [-0.39, 0.29) is 16.6 Å². The summed E-state index contributed by atoms with van der Waals surface area (Å²) in [6.07, 6.45) is 3.53. The van der Waals surface area contributed by atoms with E-state index in [4.69, 9.17) is 19.4 Å². The van der Waals surface area contributed by atoms with E-state index in [2.05, 4.69) is 103 Å². The zero-order valence-corrected chi connectivity index (χ0v) is 30.3. The molecular formula is C43H43N5O2. The Morgan fingerprint density at radius 3 is 2.14 bits per heavy atom. The Kier molecular flexibility index (Phi) is 7.97. The lowest BCUT2D eigenvalue weighted by molar-refractivity contribution is 0.446. The van der Waals surface area contributed by atoms with Crippen molar-refractivity contribution in [2.24, 2.45) is 0 Å². The second kappa shape index (κ2) is 12.1. The van der Waals surface area contributed by atoms with Crippen LogP contribution in [0.5, 0.6) is 5.75 Å². The first-order chi connectivity index (χ1) is 23.7. The predicted molar refractivity (Wildman–Crippen MR) is 204 cm³/mol. The Balaban J connectivity index is 1.51. The van der Waals surface area contributed by atoms with Gasteiger partial charge in [-0.1, -0.05) is 83.5 Å². The summed E-state index contributed by atoms with van der Waals surface area (Å²) < 4.78 is 6.41. The van der Waals surface area contributed by atoms with Crippen molar-refractivity contribution in [3.8, 4) is 28.4 Å². The summed E-state index contributed by atoms with van der Waals surface area (Å²) in [5.41, 5.74) is 10.7. The number of aryl methyl sites for hydroxylation is 3. The van der Waals surface area contributed by atoms with Crippen LogP contribution < -0.4 is 4.90 Å². The summed E-state index contributed by atoms with van der Waals surface area (Å²) in [5, 5.41) is 12.7. The highest BCUT2D eigenvalue weighted by Crippen LogP contribution is 2.44. The number of benzene rings is 3. The molecule has 0 spiro atoms. The quantitative estimate of drug-likeness (QED) is 0.196. The molecule has 7 aromatic rings. The van der Waals surface area contributed by atoms with E-state index in [0.29, 0.717) is 33.9 Å². The summed E-state index contributed by atoms with van der Waals surface area (Å²) in [6.45, 7) is 19.3. The maximum absolute atomic E-state index is 11.9. The lowest BCUT2D eigenvalue weighted by Gasteiger charge is -2.28. The monoisotopic (exact) mass is 661 g/mol. The number of hydrogen-bond donors (Lipinski definition) is 1. The topological polar surface area (TPSA) is 88.2 Å². The Morgan fingerprint density at radius 2 is 1.46 bits per heavy atom. The number of rotatable bonds is 5. The molecule has 0 fully saturated rings. The average Bonchev–Trinajstić information content (AvgIpc) is 3.44. The van der Waals surface area contributed by atoms with E-state index in [1.165, 1.54) is 5.56 Å². The molecule has 4 aromatic heterocycles. The third-order valence-electron chi connectivity index (χ3n) is 9.23. The molecule has 3 aromatic carbocycles. The zero-order chi connectivity index (χ0) is 35.5. The number of furan rings is 1. The van der Waals surface area contributed by atoms with Crippen LogP contribution in [0.25, 0.3) is 44.8 Å². The van der Waals surface area contributed by atoms with Gasteiger partial charge in [0, 0.05) is 29.2 Å². The first-order valence-electron chi connectivity index (χ1n) is 17.0. The number of aromatic hydroxyl groups is 1. The number of hydrogen-bond acceptors (Lipinski definition) is 7. The number of pyridine rings is 2. The SMILES string of the molecule is Cc1cc(C)c(N(c2cccc(-c3nc(-c4cc(C(C)(C)C)cc(C(C)(C)C)c4O)nc4c3oc3ncccc34)c2)c2ccccn2)c(C)c1. The molecule has 0 aliphatic heterocycles. The fourth-order valence-electron chi connectivity index (χ4n) is 6.78. The zero-order valence-electron chi connectivity index (χ0n) is 30.3. The first kappa shape index (κ1) is 33.0. The molecular weight excluding hydrogens is 619 g/mol. The molecule has 252 valence electrons. The van der Waals surface area contributed by atoms with E-state index >= 15 is 0 Å².